The van der Waals surface area contributed by atoms with Crippen molar-refractivity contribution < 1.29 is 15.0 Å². The third-order valence-corrected chi connectivity index (χ3v) is 6.61. The van der Waals surface area contributed by atoms with Gasteiger partial charge in [0.15, 0.2) is 5.82 Å². The molecule has 0 aliphatic carbocycles. The third kappa shape index (κ3) is 3.54. The zero-order chi connectivity index (χ0) is 21.4. The summed E-state index contributed by atoms with van der Waals surface area (Å²) in [5, 5.41) is 20.1. The van der Waals surface area contributed by atoms with Crippen LogP contribution in [0.15, 0.2) is 36.9 Å². The molecule has 9 heteroatoms. The minimum Gasteiger partial charge on any atom is -0.465 e. The molecule has 5 heterocycles. The summed E-state index contributed by atoms with van der Waals surface area (Å²) in [4.78, 5) is 33.1. The first-order valence-electron chi connectivity index (χ1n) is 10.5. The van der Waals surface area contributed by atoms with Crippen LogP contribution < -0.4 is 4.90 Å². The Bertz CT molecular complexity index is 1110. The van der Waals surface area contributed by atoms with Gasteiger partial charge in [0.25, 0.3) is 0 Å². The zero-order valence-electron chi connectivity index (χ0n) is 17.1. The Kier molecular flexibility index (Phi) is 4.90. The van der Waals surface area contributed by atoms with E-state index in [1.807, 2.05) is 12.1 Å². The Labute approximate surface area is 179 Å². The summed E-state index contributed by atoms with van der Waals surface area (Å²) < 4.78 is 0. The van der Waals surface area contributed by atoms with Crippen molar-refractivity contribution in [1.29, 1.82) is 0 Å². The van der Waals surface area contributed by atoms with E-state index in [2.05, 4.69) is 14.9 Å². The topological polar surface area (TPSA) is 116 Å². The highest BCUT2D eigenvalue weighted by Gasteiger charge is 2.42. The van der Waals surface area contributed by atoms with Crippen molar-refractivity contribution in [3.05, 3.63) is 42.5 Å². The number of likely N-dealkylation sites (tertiary alicyclic amines) is 1. The van der Waals surface area contributed by atoms with Gasteiger partial charge in [-0.2, -0.15) is 0 Å². The van der Waals surface area contributed by atoms with E-state index in [1.54, 1.807) is 24.8 Å². The van der Waals surface area contributed by atoms with Crippen molar-refractivity contribution in [2.24, 2.45) is 5.41 Å². The molecule has 1 amide bonds. The molecule has 31 heavy (non-hydrogen) atoms. The molecule has 0 atom stereocenters. The lowest BCUT2D eigenvalue weighted by Crippen LogP contribution is -2.42. The van der Waals surface area contributed by atoms with Crippen LogP contribution in [0.25, 0.3) is 22.3 Å². The standard InChI is InChI=1S/C22H24N6O3/c29-13-16-11-24-12-17-18(16)20(26-19(25-17)15-1-6-23-7-2-15)27-8-3-22(4-9-27)5-10-28(14-22)21(30)31/h1-2,6-7,11-12,29H,3-5,8-10,13-14H2,(H,30,31). The van der Waals surface area contributed by atoms with E-state index >= 15 is 0 Å². The molecule has 160 valence electrons. The van der Waals surface area contributed by atoms with Gasteiger partial charge in [-0.05, 0) is 36.8 Å². The molecule has 2 N–H and O–H groups in total. The highest BCUT2D eigenvalue weighted by molar-refractivity contribution is 5.93. The Hall–Kier alpha value is -3.33. The predicted octanol–water partition coefficient (Wildman–Crippen LogP) is 2.55. The Morgan fingerprint density at radius 1 is 1.03 bits per heavy atom. The van der Waals surface area contributed by atoms with Gasteiger partial charge < -0.3 is 20.0 Å². The second-order valence-corrected chi connectivity index (χ2v) is 8.40. The lowest BCUT2D eigenvalue weighted by Gasteiger charge is -2.40. The smallest absolute Gasteiger partial charge is 0.407 e. The number of hydrogen-bond acceptors (Lipinski definition) is 7. The fourth-order valence-corrected chi connectivity index (χ4v) is 4.81. The molecule has 0 aromatic carbocycles. The monoisotopic (exact) mass is 420 g/mol. The summed E-state index contributed by atoms with van der Waals surface area (Å²) in [6, 6.07) is 3.75. The molecule has 3 aromatic heterocycles. The number of anilines is 1. The first-order valence-corrected chi connectivity index (χ1v) is 10.5. The molecule has 0 unspecified atom stereocenters. The summed E-state index contributed by atoms with van der Waals surface area (Å²) in [6.07, 6.45) is 8.69. The van der Waals surface area contributed by atoms with Crippen LogP contribution >= 0.6 is 0 Å². The minimum absolute atomic E-state index is 0.0486. The van der Waals surface area contributed by atoms with Crippen LogP contribution in [0, 0.1) is 5.41 Å². The van der Waals surface area contributed by atoms with Crippen LogP contribution in [0.2, 0.25) is 0 Å². The van der Waals surface area contributed by atoms with E-state index in [0.29, 0.717) is 30.0 Å². The van der Waals surface area contributed by atoms with E-state index in [1.165, 1.54) is 4.90 Å². The molecular formula is C22H24N6O3. The highest BCUT2D eigenvalue weighted by atomic mass is 16.4. The van der Waals surface area contributed by atoms with Crippen molar-refractivity contribution in [1.82, 2.24) is 24.8 Å². The summed E-state index contributed by atoms with van der Waals surface area (Å²) in [7, 11) is 0. The van der Waals surface area contributed by atoms with E-state index < -0.39 is 6.09 Å². The van der Waals surface area contributed by atoms with Crippen LogP contribution in [-0.2, 0) is 6.61 Å². The first-order chi connectivity index (χ1) is 15.1. The van der Waals surface area contributed by atoms with Crippen molar-refractivity contribution in [2.75, 3.05) is 31.1 Å². The Morgan fingerprint density at radius 2 is 1.77 bits per heavy atom. The lowest BCUT2D eigenvalue weighted by atomic mass is 9.77. The van der Waals surface area contributed by atoms with Crippen molar-refractivity contribution >= 4 is 22.8 Å². The number of pyridine rings is 2. The van der Waals surface area contributed by atoms with Gasteiger partial charge in [-0.1, -0.05) is 0 Å². The SMILES string of the molecule is O=C(O)N1CCC2(CCN(c3nc(-c4ccncc4)nc4cncc(CO)c34)CC2)C1. The fraction of sp³-hybridized carbons (Fsp3) is 0.409. The lowest BCUT2D eigenvalue weighted by molar-refractivity contribution is 0.144. The Balaban J connectivity index is 1.51. The maximum atomic E-state index is 11.4. The number of aromatic nitrogens is 4. The van der Waals surface area contributed by atoms with Gasteiger partial charge in [0.1, 0.15) is 5.82 Å². The number of rotatable bonds is 3. The molecule has 2 aliphatic heterocycles. The van der Waals surface area contributed by atoms with Gasteiger partial charge in [0.2, 0.25) is 0 Å². The Morgan fingerprint density at radius 3 is 2.45 bits per heavy atom. The number of hydrogen-bond donors (Lipinski definition) is 2. The second-order valence-electron chi connectivity index (χ2n) is 8.40. The van der Waals surface area contributed by atoms with Crippen LogP contribution in [0.3, 0.4) is 0 Å². The summed E-state index contributed by atoms with van der Waals surface area (Å²) in [5.41, 5.74) is 2.31. The van der Waals surface area contributed by atoms with E-state index in [4.69, 9.17) is 9.97 Å². The average molecular weight is 420 g/mol. The predicted molar refractivity (Wildman–Crippen MR) is 115 cm³/mol. The van der Waals surface area contributed by atoms with Crippen LogP contribution in [-0.4, -0.2) is 67.3 Å². The molecule has 9 nitrogen and oxygen atoms in total. The van der Waals surface area contributed by atoms with Crippen molar-refractivity contribution in [3.63, 3.8) is 0 Å². The third-order valence-electron chi connectivity index (χ3n) is 6.61. The van der Waals surface area contributed by atoms with Gasteiger partial charge >= 0.3 is 6.09 Å². The molecule has 2 saturated heterocycles. The summed E-state index contributed by atoms with van der Waals surface area (Å²) in [6.45, 7) is 2.64. The van der Waals surface area contributed by atoms with Gasteiger partial charge in [-0.15, -0.1) is 0 Å². The largest absolute Gasteiger partial charge is 0.465 e. The number of amides is 1. The number of carboxylic acid groups (broad SMARTS) is 1. The van der Waals surface area contributed by atoms with Crippen molar-refractivity contribution in [3.8, 4) is 11.4 Å². The van der Waals surface area contributed by atoms with Gasteiger partial charge in [-0.25, -0.2) is 14.8 Å². The number of fused-ring (bicyclic) bond motifs is 1. The summed E-state index contributed by atoms with van der Waals surface area (Å²) in [5.74, 6) is 1.39. The van der Waals surface area contributed by atoms with Crippen LogP contribution in [0.5, 0.6) is 0 Å². The summed E-state index contributed by atoms with van der Waals surface area (Å²) >= 11 is 0. The molecule has 5 rings (SSSR count). The number of nitrogens with zero attached hydrogens (tertiary/aromatic N) is 6. The average Bonchev–Trinajstić information content (AvgIpc) is 3.23. The first kappa shape index (κ1) is 19.6. The van der Waals surface area contributed by atoms with Crippen LogP contribution in [0.4, 0.5) is 10.6 Å². The van der Waals surface area contributed by atoms with E-state index in [0.717, 1.165) is 49.1 Å². The maximum absolute atomic E-state index is 11.4. The molecule has 2 fully saturated rings. The normalized spacial score (nSPS) is 18.1. The molecule has 2 aliphatic rings. The molecule has 3 aromatic rings. The fourth-order valence-electron chi connectivity index (χ4n) is 4.81. The second kappa shape index (κ2) is 7.73. The quantitative estimate of drug-likeness (QED) is 0.664. The van der Waals surface area contributed by atoms with E-state index in [-0.39, 0.29) is 12.0 Å². The molecule has 0 bridgehead atoms. The number of aliphatic hydroxyl groups is 1. The molecule has 0 saturated carbocycles. The minimum atomic E-state index is -0.830. The van der Waals surface area contributed by atoms with Crippen LogP contribution in [0.1, 0.15) is 24.8 Å². The highest BCUT2D eigenvalue weighted by Crippen LogP contribution is 2.42. The zero-order valence-corrected chi connectivity index (χ0v) is 17.1. The molecular weight excluding hydrogens is 396 g/mol. The van der Waals surface area contributed by atoms with Gasteiger partial charge in [0.05, 0.1) is 23.7 Å². The maximum Gasteiger partial charge on any atom is 0.407 e. The number of aliphatic hydroxyl groups excluding tert-OH is 1. The number of piperidine rings is 1. The molecule has 0 radical (unpaired) electrons. The van der Waals surface area contributed by atoms with Crippen molar-refractivity contribution in [2.45, 2.75) is 25.9 Å². The van der Waals surface area contributed by atoms with Gasteiger partial charge in [-0.3, -0.25) is 9.97 Å². The molecule has 1 spiro atoms. The van der Waals surface area contributed by atoms with E-state index in [9.17, 15) is 15.0 Å². The number of carbonyl (C=O) groups is 1. The van der Waals surface area contributed by atoms with Gasteiger partial charge in [0, 0.05) is 55.9 Å².